The van der Waals surface area contributed by atoms with Gasteiger partial charge in [0, 0.05) is 6.54 Å². The van der Waals surface area contributed by atoms with E-state index in [-0.39, 0.29) is 11.8 Å². The first-order valence-electron chi connectivity index (χ1n) is 6.60. The molecule has 2 atom stereocenters. The summed E-state index contributed by atoms with van der Waals surface area (Å²) in [6, 6.07) is 7.75. The minimum Gasteiger partial charge on any atom is -0.481 e. The second-order valence-corrected chi connectivity index (χ2v) is 5.13. The van der Waals surface area contributed by atoms with Crippen molar-refractivity contribution in [2.24, 2.45) is 11.8 Å². The zero-order valence-corrected chi connectivity index (χ0v) is 11.0. The van der Waals surface area contributed by atoms with E-state index in [1.807, 2.05) is 19.1 Å². The highest BCUT2D eigenvalue weighted by molar-refractivity contribution is 5.71. The molecule has 0 heterocycles. The number of nitriles is 1. The van der Waals surface area contributed by atoms with Crippen molar-refractivity contribution in [3.05, 3.63) is 29.3 Å². The van der Waals surface area contributed by atoms with Crippen molar-refractivity contribution in [1.29, 1.82) is 5.26 Å². The van der Waals surface area contributed by atoms with Gasteiger partial charge in [-0.15, -0.1) is 0 Å². The molecule has 0 radical (unpaired) electrons. The number of carbonyl (C=O) groups is 1. The number of benzene rings is 1. The van der Waals surface area contributed by atoms with Crippen molar-refractivity contribution in [2.45, 2.75) is 26.2 Å². The van der Waals surface area contributed by atoms with Crippen LogP contribution >= 0.6 is 0 Å². The van der Waals surface area contributed by atoms with Crippen LogP contribution in [0.4, 0.5) is 5.69 Å². The summed E-state index contributed by atoms with van der Waals surface area (Å²) in [5.41, 5.74) is 2.47. The predicted molar refractivity (Wildman–Crippen MR) is 72.9 cm³/mol. The third kappa shape index (κ3) is 2.87. The van der Waals surface area contributed by atoms with Crippen LogP contribution in [0.1, 0.15) is 30.4 Å². The quantitative estimate of drug-likeness (QED) is 0.871. The molecule has 0 bridgehead atoms. The molecule has 4 nitrogen and oxygen atoms in total. The number of aryl methyl sites for hydroxylation is 1. The summed E-state index contributed by atoms with van der Waals surface area (Å²) in [4.78, 5) is 11.1. The fourth-order valence-corrected chi connectivity index (χ4v) is 2.84. The molecule has 2 unspecified atom stereocenters. The zero-order chi connectivity index (χ0) is 13.8. The van der Waals surface area contributed by atoms with Crippen molar-refractivity contribution in [3.63, 3.8) is 0 Å². The summed E-state index contributed by atoms with van der Waals surface area (Å²) in [6.45, 7) is 2.57. The number of rotatable bonds is 4. The molecule has 0 aliphatic heterocycles. The number of anilines is 1. The van der Waals surface area contributed by atoms with Gasteiger partial charge in [0.2, 0.25) is 0 Å². The third-order valence-corrected chi connectivity index (χ3v) is 3.91. The number of aliphatic carboxylic acids is 1. The second-order valence-electron chi connectivity index (χ2n) is 5.13. The molecule has 0 amide bonds. The topological polar surface area (TPSA) is 73.1 Å². The van der Waals surface area contributed by atoms with E-state index in [1.165, 1.54) is 0 Å². The van der Waals surface area contributed by atoms with Gasteiger partial charge in [0.05, 0.1) is 17.2 Å². The van der Waals surface area contributed by atoms with Crippen LogP contribution in [0.2, 0.25) is 0 Å². The maximum Gasteiger partial charge on any atom is 0.306 e. The number of para-hydroxylation sites is 1. The standard InChI is InChI=1S/C15H18N2O2/c1-10-4-2-5-11(8-16)14(10)17-9-12-6-3-7-13(12)15(18)19/h2,4-5,12-13,17H,3,6-7,9H2,1H3,(H,18,19). The molecule has 1 saturated carbocycles. The Labute approximate surface area is 113 Å². The molecule has 1 aromatic carbocycles. The summed E-state index contributed by atoms with van der Waals surface area (Å²) in [7, 11) is 0. The number of nitrogens with zero attached hydrogens (tertiary/aromatic N) is 1. The molecule has 2 N–H and O–H groups in total. The molecule has 1 aliphatic carbocycles. The smallest absolute Gasteiger partial charge is 0.306 e. The van der Waals surface area contributed by atoms with Crippen molar-refractivity contribution in [2.75, 3.05) is 11.9 Å². The van der Waals surface area contributed by atoms with E-state index in [4.69, 9.17) is 10.4 Å². The maximum atomic E-state index is 11.1. The number of hydrogen-bond donors (Lipinski definition) is 2. The second kappa shape index (κ2) is 5.75. The molecule has 0 saturated heterocycles. The third-order valence-electron chi connectivity index (χ3n) is 3.91. The van der Waals surface area contributed by atoms with Gasteiger partial charge in [-0.3, -0.25) is 4.79 Å². The lowest BCUT2D eigenvalue weighted by Crippen LogP contribution is -2.24. The number of carboxylic acids is 1. The first kappa shape index (κ1) is 13.4. The molecular formula is C15H18N2O2. The summed E-state index contributed by atoms with van der Waals surface area (Å²) in [6.07, 6.45) is 2.68. The predicted octanol–water partition coefficient (Wildman–Crippen LogP) is 2.78. The van der Waals surface area contributed by atoms with Crippen LogP contribution in [0.3, 0.4) is 0 Å². The van der Waals surface area contributed by atoms with E-state index in [0.29, 0.717) is 12.1 Å². The van der Waals surface area contributed by atoms with Gasteiger partial charge in [0.15, 0.2) is 0 Å². The fourth-order valence-electron chi connectivity index (χ4n) is 2.84. The lowest BCUT2D eigenvalue weighted by Gasteiger charge is -2.18. The van der Waals surface area contributed by atoms with Gasteiger partial charge in [-0.2, -0.15) is 5.26 Å². The molecule has 0 aromatic heterocycles. The number of carboxylic acid groups (broad SMARTS) is 1. The maximum absolute atomic E-state index is 11.1. The van der Waals surface area contributed by atoms with Crippen molar-refractivity contribution < 1.29 is 9.90 Å². The Bertz CT molecular complexity index is 519. The minimum atomic E-state index is -0.699. The molecular weight excluding hydrogens is 240 g/mol. The van der Waals surface area contributed by atoms with E-state index >= 15 is 0 Å². The van der Waals surface area contributed by atoms with E-state index in [2.05, 4.69) is 11.4 Å². The first-order chi connectivity index (χ1) is 9.13. The Morgan fingerprint density at radius 3 is 3.00 bits per heavy atom. The van der Waals surface area contributed by atoms with E-state index in [0.717, 1.165) is 30.5 Å². The van der Waals surface area contributed by atoms with Crippen LogP contribution in [-0.4, -0.2) is 17.6 Å². The molecule has 1 aromatic rings. The minimum absolute atomic E-state index is 0.156. The lowest BCUT2D eigenvalue weighted by molar-refractivity contribution is -0.142. The molecule has 4 heteroatoms. The van der Waals surface area contributed by atoms with Crippen LogP contribution < -0.4 is 5.32 Å². The van der Waals surface area contributed by atoms with Gasteiger partial charge < -0.3 is 10.4 Å². The molecule has 2 rings (SSSR count). The van der Waals surface area contributed by atoms with Crippen molar-refractivity contribution in [1.82, 2.24) is 0 Å². The molecule has 1 fully saturated rings. The molecule has 1 aliphatic rings. The summed E-state index contributed by atoms with van der Waals surface area (Å²) in [5, 5.41) is 21.5. The highest BCUT2D eigenvalue weighted by atomic mass is 16.4. The van der Waals surface area contributed by atoms with Crippen LogP contribution in [-0.2, 0) is 4.79 Å². The number of hydrogen-bond acceptors (Lipinski definition) is 3. The summed E-state index contributed by atoms with van der Waals surface area (Å²) in [5.74, 6) is -0.791. The van der Waals surface area contributed by atoms with Gasteiger partial charge >= 0.3 is 5.97 Å². The Balaban J connectivity index is 2.07. The largest absolute Gasteiger partial charge is 0.481 e. The molecule has 100 valence electrons. The van der Waals surface area contributed by atoms with Crippen molar-refractivity contribution in [3.8, 4) is 6.07 Å². The van der Waals surface area contributed by atoms with E-state index < -0.39 is 5.97 Å². The lowest BCUT2D eigenvalue weighted by atomic mass is 9.96. The highest BCUT2D eigenvalue weighted by Crippen LogP contribution is 2.32. The van der Waals surface area contributed by atoms with Crippen LogP contribution in [0.25, 0.3) is 0 Å². The normalized spacial score (nSPS) is 21.9. The Morgan fingerprint density at radius 1 is 1.53 bits per heavy atom. The van der Waals surface area contributed by atoms with E-state index in [9.17, 15) is 4.79 Å². The molecule has 0 spiro atoms. The zero-order valence-electron chi connectivity index (χ0n) is 11.0. The Morgan fingerprint density at radius 2 is 2.32 bits per heavy atom. The van der Waals surface area contributed by atoms with Gasteiger partial charge in [0.1, 0.15) is 6.07 Å². The Hall–Kier alpha value is -2.02. The number of nitrogens with one attached hydrogen (secondary N) is 1. The summed E-state index contributed by atoms with van der Waals surface area (Å²) < 4.78 is 0. The average molecular weight is 258 g/mol. The SMILES string of the molecule is Cc1cccc(C#N)c1NCC1CCCC1C(=O)O. The average Bonchev–Trinajstić information content (AvgIpc) is 2.85. The summed E-state index contributed by atoms with van der Waals surface area (Å²) >= 11 is 0. The van der Waals surface area contributed by atoms with E-state index in [1.54, 1.807) is 6.07 Å². The van der Waals surface area contributed by atoms with Crippen LogP contribution in [0.15, 0.2) is 18.2 Å². The highest BCUT2D eigenvalue weighted by Gasteiger charge is 2.32. The Kier molecular flexibility index (Phi) is 4.06. The first-order valence-corrected chi connectivity index (χ1v) is 6.60. The van der Waals surface area contributed by atoms with Gasteiger partial charge in [0.25, 0.3) is 0 Å². The van der Waals surface area contributed by atoms with Crippen molar-refractivity contribution >= 4 is 11.7 Å². The van der Waals surface area contributed by atoms with Gasteiger partial charge in [-0.25, -0.2) is 0 Å². The fraction of sp³-hybridized carbons (Fsp3) is 0.467. The van der Waals surface area contributed by atoms with Gasteiger partial charge in [-0.1, -0.05) is 18.6 Å². The monoisotopic (exact) mass is 258 g/mol. The van der Waals surface area contributed by atoms with Crippen LogP contribution in [0.5, 0.6) is 0 Å². The molecule has 19 heavy (non-hydrogen) atoms. The van der Waals surface area contributed by atoms with Gasteiger partial charge in [-0.05, 0) is 37.3 Å². The van der Waals surface area contributed by atoms with Crippen LogP contribution in [0, 0.1) is 30.1 Å².